The molecule has 0 unspecified atom stereocenters. The van der Waals surface area contributed by atoms with Crippen molar-refractivity contribution in [1.82, 2.24) is 4.98 Å². The first-order chi connectivity index (χ1) is 10.5. The molecule has 0 aliphatic heterocycles. The van der Waals surface area contributed by atoms with Gasteiger partial charge < -0.3 is 10.3 Å². The molecule has 3 aromatic rings. The van der Waals surface area contributed by atoms with Crippen LogP contribution in [-0.2, 0) is 0 Å². The topological polar surface area (TPSA) is 44.9 Å². The van der Waals surface area contributed by atoms with Gasteiger partial charge in [-0.25, -0.2) is 0 Å². The van der Waals surface area contributed by atoms with E-state index < -0.39 is 0 Å². The number of nitrogens with one attached hydrogen (secondary N) is 2. The standard InChI is InChI=1S/C19H20N2O/c1-12(2)14-5-7-16(8-6-14)20-19(22)18-11-15-10-13(3)4-9-17(15)21-18/h4-12,21H,1-3H3,(H,20,22). The summed E-state index contributed by atoms with van der Waals surface area (Å²) in [7, 11) is 0. The third-order valence-electron chi connectivity index (χ3n) is 3.86. The van der Waals surface area contributed by atoms with Crippen LogP contribution in [0.25, 0.3) is 10.9 Å². The molecule has 1 heterocycles. The van der Waals surface area contributed by atoms with Gasteiger partial charge in [-0.15, -0.1) is 0 Å². The predicted octanol–water partition coefficient (Wildman–Crippen LogP) is 4.85. The van der Waals surface area contributed by atoms with Gasteiger partial charge in [0.2, 0.25) is 0 Å². The second kappa shape index (κ2) is 5.68. The van der Waals surface area contributed by atoms with E-state index in [9.17, 15) is 4.79 Å². The molecule has 1 amide bonds. The number of aromatic amines is 1. The molecule has 0 aliphatic rings. The second-order valence-corrected chi connectivity index (χ2v) is 6.00. The number of amides is 1. The van der Waals surface area contributed by atoms with Gasteiger partial charge in [0.1, 0.15) is 5.69 Å². The van der Waals surface area contributed by atoms with Crippen LogP contribution >= 0.6 is 0 Å². The maximum atomic E-state index is 12.3. The van der Waals surface area contributed by atoms with E-state index in [1.165, 1.54) is 11.1 Å². The van der Waals surface area contributed by atoms with Gasteiger partial charge in [0.25, 0.3) is 5.91 Å². The van der Waals surface area contributed by atoms with Crippen molar-refractivity contribution in [3.8, 4) is 0 Å². The lowest BCUT2D eigenvalue weighted by atomic mass is 10.0. The predicted molar refractivity (Wildman–Crippen MR) is 91.5 cm³/mol. The summed E-state index contributed by atoms with van der Waals surface area (Å²) in [5, 5.41) is 3.99. The average Bonchev–Trinajstić information content (AvgIpc) is 2.91. The summed E-state index contributed by atoms with van der Waals surface area (Å²) in [6, 6.07) is 16.0. The molecule has 0 radical (unpaired) electrons. The molecular weight excluding hydrogens is 272 g/mol. The number of anilines is 1. The van der Waals surface area contributed by atoms with E-state index in [2.05, 4.69) is 42.3 Å². The number of carbonyl (C=O) groups excluding carboxylic acids is 1. The molecule has 0 saturated heterocycles. The number of aryl methyl sites for hydroxylation is 1. The maximum Gasteiger partial charge on any atom is 0.272 e. The third kappa shape index (κ3) is 2.89. The highest BCUT2D eigenvalue weighted by Gasteiger charge is 2.10. The van der Waals surface area contributed by atoms with Gasteiger partial charge in [0.15, 0.2) is 0 Å². The van der Waals surface area contributed by atoms with Gasteiger partial charge in [0, 0.05) is 16.6 Å². The summed E-state index contributed by atoms with van der Waals surface area (Å²) in [5.74, 6) is 0.368. The molecule has 0 bridgehead atoms. The van der Waals surface area contributed by atoms with Crippen LogP contribution < -0.4 is 5.32 Å². The molecule has 0 saturated carbocycles. The number of hydrogen-bond donors (Lipinski definition) is 2. The van der Waals surface area contributed by atoms with Gasteiger partial charge >= 0.3 is 0 Å². The molecule has 112 valence electrons. The molecule has 22 heavy (non-hydrogen) atoms. The summed E-state index contributed by atoms with van der Waals surface area (Å²) in [4.78, 5) is 15.5. The summed E-state index contributed by atoms with van der Waals surface area (Å²) in [6.45, 7) is 6.35. The van der Waals surface area contributed by atoms with Crippen LogP contribution in [0, 0.1) is 6.92 Å². The van der Waals surface area contributed by atoms with Crippen molar-refractivity contribution in [1.29, 1.82) is 0 Å². The van der Waals surface area contributed by atoms with Gasteiger partial charge in [-0.2, -0.15) is 0 Å². The third-order valence-corrected chi connectivity index (χ3v) is 3.86. The van der Waals surface area contributed by atoms with E-state index in [4.69, 9.17) is 0 Å². The van der Waals surface area contributed by atoms with E-state index in [1.54, 1.807) is 0 Å². The average molecular weight is 292 g/mol. The molecule has 0 spiro atoms. The Hall–Kier alpha value is -2.55. The highest BCUT2D eigenvalue weighted by Crippen LogP contribution is 2.20. The van der Waals surface area contributed by atoms with Crippen LogP contribution in [0.5, 0.6) is 0 Å². The molecular formula is C19H20N2O. The Morgan fingerprint density at radius 2 is 1.77 bits per heavy atom. The Bertz CT molecular complexity index is 813. The lowest BCUT2D eigenvalue weighted by Crippen LogP contribution is -2.12. The van der Waals surface area contributed by atoms with Crippen LogP contribution in [-0.4, -0.2) is 10.9 Å². The molecule has 0 aliphatic carbocycles. The Morgan fingerprint density at radius 1 is 1.05 bits per heavy atom. The zero-order chi connectivity index (χ0) is 15.7. The number of fused-ring (bicyclic) bond motifs is 1. The molecule has 1 aromatic heterocycles. The van der Waals surface area contributed by atoms with E-state index in [1.807, 2.05) is 37.3 Å². The molecule has 2 aromatic carbocycles. The summed E-state index contributed by atoms with van der Waals surface area (Å²) in [6.07, 6.45) is 0. The number of hydrogen-bond acceptors (Lipinski definition) is 1. The van der Waals surface area contributed by atoms with Crippen LogP contribution in [0.2, 0.25) is 0 Å². The van der Waals surface area contributed by atoms with Crippen molar-refractivity contribution >= 4 is 22.5 Å². The Labute approximate surface area is 130 Å². The van der Waals surface area contributed by atoms with E-state index >= 15 is 0 Å². The minimum Gasteiger partial charge on any atom is -0.351 e. The zero-order valence-electron chi connectivity index (χ0n) is 13.1. The first-order valence-electron chi connectivity index (χ1n) is 7.53. The van der Waals surface area contributed by atoms with Crippen molar-refractivity contribution < 1.29 is 4.79 Å². The van der Waals surface area contributed by atoms with Crippen molar-refractivity contribution in [2.24, 2.45) is 0 Å². The van der Waals surface area contributed by atoms with Gasteiger partial charge in [-0.05, 0) is 48.7 Å². The fourth-order valence-corrected chi connectivity index (χ4v) is 2.52. The summed E-state index contributed by atoms with van der Waals surface area (Å²) >= 11 is 0. The lowest BCUT2D eigenvalue weighted by Gasteiger charge is -2.07. The van der Waals surface area contributed by atoms with Crippen molar-refractivity contribution in [2.45, 2.75) is 26.7 Å². The number of aromatic nitrogens is 1. The van der Waals surface area contributed by atoms with Gasteiger partial charge in [-0.3, -0.25) is 4.79 Å². The van der Waals surface area contributed by atoms with Crippen LogP contribution in [0.1, 0.15) is 41.4 Å². The maximum absolute atomic E-state index is 12.3. The van der Waals surface area contributed by atoms with Crippen LogP contribution in [0.4, 0.5) is 5.69 Å². The molecule has 3 heteroatoms. The molecule has 2 N–H and O–H groups in total. The molecule has 0 atom stereocenters. The fourth-order valence-electron chi connectivity index (χ4n) is 2.52. The summed E-state index contributed by atoms with van der Waals surface area (Å²) < 4.78 is 0. The first kappa shape index (κ1) is 14.4. The zero-order valence-corrected chi connectivity index (χ0v) is 13.1. The molecule has 3 nitrogen and oxygen atoms in total. The summed E-state index contributed by atoms with van der Waals surface area (Å²) in [5.41, 5.74) is 4.81. The molecule has 3 rings (SSSR count). The second-order valence-electron chi connectivity index (χ2n) is 6.00. The smallest absolute Gasteiger partial charge is 0.272 e. The van der Waals surface area contributed by atoms with E-state index in [-0.39, 0.29) is 5.91 Å². The largest absolute Gasteiger partial charge is 0.351 e. The van der Waals surface area contributed by atoms with Crippen LogP contribution in [0.3, 0.4) is 0 Å². The Kier molecular flexibility index (Phi) is 3.72. The highest BCUT2D eigenvalue weighted by molar-refractivity contribution is 6.05. The highest BCUT2D eigenvalue weighted by atomic mass is 16.1. The monoisotopic (exact) mass is 292 g/mol. The SMILES string of the molecule is Cc1ccc2[nH]c(C(=O)Nc3ccc(C(C)C)cc3)cc2c1. The Balaban J connectivity index is 1.80. The van der Waals surface area contributed by atoms with Crippen molar-refractivity contribution in [2.75, 3.05) is 5.32 Å². The first-order valence-corrected chi connectivity index (χ1v) is 7.53. The van der Waals surface area contributed by atoms with Crippen molar-refractivity contribution in [3.63, 3.8) is 0 Å². The number of rotatable bonds is 3. The number of carbonyl (C=O) groups is 1. The normalized spacial score (nSPS) is 11.1. The quantitative estimate of drug-likeness (QED) is 0.712. The Morgan fingerprint density at radius 3 is 2.45 bits per heavy atom. The van der Waals surface area contributed by atoms with Gasteiger partial charge in [0.05, 0.1) is 0 Å². The van der Waals surface area contributed by atoms with Crippen LogP contribution in [0.15, 0.2) is 48.5 Å². The number of benzene rings is 2. The van der Waals surface area contributed by atoms with Gasteiger partial charge in [-0.1, -0.05) is 37.6 Å². The lowest BCUT2D eigenvalue weighted by molar-refractivity contribution is 0.102. The fraction of sp³-hybridized carbons (Fsp3) is 0.211. The van der Waals surface area contributed by atoms with E-state index in [0.717, 1.165) is 16.6 Å². The number of H-pyrrole nitrogens is 1. The minimum absolute atomic E-state index is 0.119. The minimum atomic E-state index is -0.119. The van der Waals surface area contributed by atoms with Crippen molar-refractivity contribution in [3.05, 3.63) is 65.4 Å². The van der Waals surface area contributed by atoms with E-state index in [0.29, 0.717) is 11.6 Å². The molecule has 0 fully saturated rings.